The van der Waals surface area contributed by atoms with Gasteiger partial charge in [0, 0.05) is 10.9 Å². The Hall–Kier alpha value is -2.67. The van der Waals surface area contributed by atoms with Crippen molar-refractivity contribution in [3.8, 4) is 22.1 Å². The average Bonchev–Trinajstić information content (AvgIpc) is 3.13. The van der Waals surface area contributed by atoms with Crippen molar-refractivity contribution in [1.82, 2.24) is 14.8 Å². The third-order valence-electron chi connectivity index (χ3n) is 3.28. The zero-order valence-electron chi connectivity index (χ0n) is 12.0. The van der Waals surface area contributed by atoms with E-state index in [9.17, 15) is 4.79 Å². The molecule has 1 aromatic carbocycles. The highest BCUT2D eigenvalue weighted by Crippen LogP contribution is 2.27. The van der Waals surface area contributed by atoms with Crippen LogP contribution in [-0.2, 0) is 0 Å². The lowest BCUT2D eigenvalue weighted by molar-refractivity contribution is 0.0696. The normalized spacial score (nSPS) is 10.6. The first-order chi connectivity index (χ1) is 10.6. The topological polar surface area (TPSA) is 77.2 Å². The first-order valence-corrected chi connectivity index (χ1v) is 7.36. The standard InChI is InChI=1S/C15H13N3O3S/c1-9-12(14(19)20)7-16-18(9)15-17-13(8-22-15)10-4-3-5-11(6-10)21-2/h3-8H,1-2H3,(H,19,20). The molecular formula is C15H13N3O3S. The summed E-state index contributed by atoms with van der Waals surface area (Å²) in [4.78, 5) is 15.6. The molecule has 0 amide bonds. The Morgan fingerprint density at radius 1 is 1.41 bits per heavy atom. The molecule has 0 aliphatic rings. The number of methoxy groups -OCH3 is 1. The van der Waals surface area contributed by atoms with Gasteiger partial charge in [-0.05, 0) is 19.1 Å². The Labute approximate surface area is 130 Å². The molecule has 0 saturated carbocycles. The van der Waals surface area contributed by atoms with Gasteiger partial charge in [0.25, 0.3) is 0 Å². The lowest BCUT2D eigenvalue weighted by atomic mass is 10.2. The molecule has 2 aromatic heterocycles. The smallest absolute Gasteiger partial charge is 0.339 e. The van der Waals surface area contributed by atoms with Crippen LogP contribution in [0.1, 0.15) is 16.1 Å². The number of carboxylic acids is 1. The third kappa shape index (κ3) is 2.46. The minimum absolute atomic E-state index is 0.179. The first kappa shape index (κ1) is 14.3. The number of thiazole rings is 1. The molecule has 0 unspecified atom stereocenters. The summed E-state index contributed by atoms with van der Waals surface area (Å²) >= 11 is 1.41. The van der Waals surface area contributed by atoms with Crippen LogP contribution in [-0.4, -0.2) is 33.0 Å². The first-order valence-electron chi connectivity index (χ1n) is 6.48. The molecule has 0 atom stereocenters. The van der Waals surface area contributed by atoms with E-state index in [2.05, 4.69) is 10.1 Å². The number of benzene rings is 1. The summed E-state index contributed by atoms with van der Waals surface area (Å²) in [5.41, 5.74) is 2.47. The van der Waals surface area contributed by atoms with Crippen molar-refractivity contribution in [3.63, 3.8) is 0 Å². The number of aromatic carboxylic acids is 1. The molecule has 0 aliphatic heterocycles. The number of rotatable bonds is 4. The fraction of sp³-hybridized carbons (Fsp3) is 0.133. The van der Waals surface area contributed by atoms with Crippen molar-refractivity contribution < 1.29 is 14.6 Å². The van der Waals surface area contributed by atoms with Crippen LogP contribution in [0.15, 0.2) is 35.8 Å². The second-order valence-corrected chi connectivity index (χ2v) is 5.44. The van der Waals surface area contributed by atoms with Crippen molar-refractivity contribution >= 4 is 17.3 Å². The van der Waals surface area contributed by atoms with Gasteiger partial charge in [-0.25, -0.2) is 14.5 Å². The quantitative estimate of drug-likeness (QED) is 0.801. The van der Waals surface area contributed by atoms with Crippen molar-refractivity contribution in [2.24, 2.45) is 0 Å². The minimum atomic E-state index is -0.992. The third-order valence-corrected chi connectivity index (χ3v) is 4.10. The Kier molecular flexibility index (Phi) is 3.64. The van der Waals surface area contributed by atoms with E-state index >= 15 is 0 Å². The summed E-state index contributed by atoms with van der Waals surface area (Å²) in [7, 11) is 1.62. The summed E-state index contributed by atoms with van der Waals surface area (Å²) in [6, 6.07) is 7.61. The Morgan fingerprint density at radius 3 is 2.91 bits per heavy atom. The molecule has 112 valence electrons. The summed E-state index contributed by atoms with van der Waals surface area (Å²) in [5, 5.41) is 15.7. The lowest BCUT2D eigenvalue weighted by Gasteiger charge is -2.02. The highest BCUT2D eigenvalue weighted by atomic mass is 32.1. The number of hydrogen-bond donors (Lipinski definition) is 1. The molecule has 2 heterocycles. The lowest BCUT2D eigenvalue weighted by Crippen LogP contribution is -2.02. The fourth-order valence-electron chi connectivity index (χ4n) is 2.09. The van der Waals surface area contributed by atoms with Gasteiger partial charge in [-0.3, -0.25) is 0 Å². The maximum Gasteiger partial charge on any atom is 0.339 e. The van der Waals surface area contributed by atoms with Crippen molar-refractivity contribution in [2.75, 3.05) is 7.11 Å². The average molecular weight is 315 g/mol. The van der Waals surface area contributed by atoms with Crippen LogP contribution < -0.4 is 4.74 Å². The predicted octanol–water partition coefficient (Wildman–Crippen LogP) is 3.01. The van der Waals surface area contributed by atoms with E-state index in [1.54, 1.807) is 14.0 Å². The number of nitrogens with zero attached hydrogens (tertiary/aromatic N) is 3. The zero-order valence-corrected chi connectivity index (χ0v) is 12.8. The summed E-state index contributed by atoms with van der Waals surface area (Å²) in [6.07, 6.45) is 1.34. The fourth-order valence-corrected chi connectivity index (χ4v) is 2.93. The van der Waals surface area contributed by atoms with Gasteiger partial charge in [0.2, 0.25) is 5.13 Å². The largest absolute Gasteiger partial charge is 0.497 e. The second kappa shape index (κ2) is 5.61. The van der Waals surface area contributed by atoms with Gasteiger partial charge in [-0.1, -0.05) is 12.1 Å². The molecule has 3 rings (SSSR count). The van der Waals surface area contributed by atoms with E-state index < -0.39 is 5.97 Å². The van der Waals surface area contributed by atoms with E-state index in [4.69, 9.17) is 9.84 Å². The predicted molar refractivity (Wildman–Crippen MR) is 82.9 cm³/mol. The zero-order chi connectivity index (χ0) is 15.7. The van der Waals surface area contributed by atoms with Gasteiger partial charge in [0.15, 0.2) is 0 Å². The van der Waals surface area contributed by atoms with Crippen LogP contribution in [0.3, 0.4) is 0 Å². The van der Waals surface area contributed by atoms with E-state index in [1.807, 2.05) is 29.6 Å². The Balaban J connectivity index is 1.98. The number of carbonyl (C=O) groups is 1. The van der Waals surface area contributed by atoms with Gasteiger partial charge >= 0.3 is 5.97 Å². The van der Waals surface area contributed by atoms with Crippen molar-refractivity contribution in [2.45, 2.75) is 6.92 Å². The molecule has 7 heteroatoms. The van der Waals surface area contributed by atoms with Gasteiger partial charge in [-0.2, -0.15) is 5.10 Å². The van der Waals surface area contributed by atoms with Gasteiger partial charge in [0.1, 0.15) is 11.3 Å². The van der Waals surface area contributed by atoms with E-state index in [-0.39, 0.29) is 5.56 Å². The van der Waals surface area contributed by atoms with Crippen LogP contribution in [0, 0.1) is 6.92 Å². The molecule has 0 spiro atoms. The second-order valence-electron chi connectivity index (χ2n) is 4.61. The van der Waals surface area contributed by atoms with Gasteiger partial charge in [-0.15, -0.1) is 11.3 Å². The van der Waals surface area contributed by atoms with E-state index in [1.165, 1.54) is 22.2 Å². The minimum Gasteiger partial charge on any atom is -0.497 e. The van der Waals surface area contributed by atoms with Crippen molar-refractivity contribution in [1.29, 1.82) is 0 Å². The van der Waals surface area contributed by atoms with Crippen molar-refractivity contribution in [3.05, 3.63) is 47.1 Å². The molecule has 6 nitrogen and oxygen atoms in total. The Bertz CT molecular complexity index is 838. The number of ether oxygens (including phenoxy) is 1. The maximum absolute atomic E-state index is 11.1. The number of carboxylic acid groups (broad SMARTS) is 1. The van der Waals surface area contributed by atoms with Gasteiger partial charge < -0.3 is 9.84 Å². The number of aromatic nitrogens is 3. The molecule has 0 bridgehead atoms. The summed E-state index contributed by atoms with van der Waals surface area (Å²) in [6.45, 7) is 1.71. The monoisotopic (exact) mass is 315 g/mol. The highest BCUT2D eigenvalue weighted by molar-refractivity contribution is 7.12. The molecule has 0 radical (unpaired) electrons. The Morgan fingerprint density at radius 2 is 2.23 bits per heavy atom. The van der Waals surface area contributed by atoms with E-state index in [0.29, 0.717) is 10.8 Å². The molecule has 0 fully saturated rings. The molecular weight excluding hydrogens is 302 g/mol. The summed E-state index contributed by atoms with van der Waals surface area (Å²) < 4.78 is 6.75. The highest BCUT2D eigenvalue weighted by Gasteiger charge is 2.16. The van der Waals surface area contributed by atoms with Crippen LogP contribution in [0.4, 0.5) is 0 Å². The number of hydrogen-bond acceptors (Lipinski definition) is 5. The van der Waals surface area contributed by atoms with E-state index in [0.717, 1.165) is 17.0 Å². The van der Waals surface area contributed by atoms with Crippen LogP contribution in [0.2, 0.25) is 0 Å². The molecule has 3 aromatic rings. The molecule has 0 aliphatic carbocycles. The summed E-state index contributed by atoms with van der Waals surface area (Å²) in [5.74, 6) is -0.233. The molecule has 22 heavy (non-hydrogen) atoms. The molecule has 1 N–H and O–H groups in total. The molecule has 0 saturated heterocycles. The van der Waals surface area contributed by atoms with Crippen LogP contribution >= 0.6 is 11.3 Å². The van der Waals surface area contributed by atoms with Crippen LogP contribution in [0.25, 0.3) is 16.4 Å². The van der Waals surface area contributed by atoms with Crippen LogP contribution in [0.5, 0.6) is 5.75 Å². The van der Waals surface area contributed by atoms with Gasteiger partial charge in [0.05, 0.1) is 24.7 Å². The maximum atomic E-state index is 11.1. The SMILES string of the molecule is COc1cccc(-c2csc(-n3ncc(C(=O)O)c3C)n2)c1.